The van der Waals surface area contributed by atoms with Crippen LogP contribution in [-0.2, 0) is 13.1 Å². The molecule has 0 aliphatic heterocycles. The Hall–Kier alpha value is -1.50. The summed E-state index contributed by atoms with van der Waals surface area (Å²) < 4.78 is 16.0. The van der Waals surface area contributed by atoms with Crippen LogP contribution in [0.15, 0.2) is 23.1 Å². The van der Waals surface area contributed by atoms with Crippen molar-refractivity contribution in [1.82, 2.24) is 19.7 Å². The molecule has 0 spiro atoms. The number of hydrogen-bond acceptors (Lipinski definition) is 4. The van der Waals surface area contributed by atoms with Crippen molar-refractivity contribution in [3.05, 3.63) is 34.7 Å². The van der Waals surface area contributed by atoms with Crippen molar-refractivity contribution in [2.24, 2.45) is 0 Å². The van der Waals surface area contributed by atoms with E-state index in [0.29, 0.717) is 11.0 Å². The molecular weight excluding hydrogens is 289 g/mol. The van der Waals surface area contributed by atoms with Gasteiger partial charge >= 0.3 is 0 Å². The second-order valence-electron chi connectivity index (χ2n) is 3.37. The minimum atomic E-state index is -0.401. The predicted molar refractivity (Wildman–Crippen MR) is 64.9 cm³/mol. The summed E-state index contributed by atoms with van der Waals surface area (Å²) in [7, 11) is 0. The number of aryl methyl sites for hydroxylation is 1. The van der Waals surface area contributed by atoms with Gasteiger partial charge < -0.3 is 9.88 Å². The van der Waals surface area contributed by atoms with Crippen molar-refractivity contribution in [1.29, 1.82) is 0 Å². The molecule has 0 radical (unpaired) electrons. The van der Waals surface area contributed by atoms with Crippen LogP contribution in [-0.4, -0.2) is 19.7 Å². The Bertz CT molecular complexity index is 513. The van der Waals surface area contributed by atoms with Crippen molar-refractivity contribution in [3.63, 3.8) is 0 Å². The number of anilines is 1. The fraction of sp³-hybridized carbons (Fsp3) is 0.300. The van der Waals surface area contributed by atoms with Crippen molar-refractivity contribution in [2.45, 2.75) is 20.0 Å². The molecule has 0 saturated carbocycles. The first-order valence-corrected chi connectivity index (χ1v) is 5.91. The molecule has 90 valence electrons. The molecule has 0 fully saturated rings. The summed E-state index contributed by atoms with van der Waals surface area (Å²) >= 11 is 3.15. The molecule has 2 aromatic rings. The molecule has 0 amide bonds. The Kier molecular flexibility index (Phi) is 3.68. The largest absolute Gasteiger partial charge is 0.360 e. The van der Waals surface area contributed by atoms with Crippen molar-refractivity contribution >= 4 is 21.7 Å². The molecule has 1 N–H and O–H groups in total. The van der Waals surface area contributed by atoms with Crippen LogP contribution < -0.4 is 5.32 Å². The average molecular weight is 300 g/mol. The van der Waals surface area contributed by atoms with Crippen molar-refractivity contribution < 1.29 is 4.39 Å². The summed E-state index contributed by atoms with van der Waals surface area (Å²) in [5.41, 5.74) is 0. The van der Waals surface area contributed by atoms with Crippen LogP contribution in [0.3, 0.4) is 0 Å². The van der Waals surface area contributed by atoms with Gasteiger partial charge in [0.25, 0.3) is 0 Å². The molecule has 0 unspecified atom stereocenters. The van der Waals surface area contributed by atoms with E-state index in [0.717, 1.165) is 12.4 Å². The molecule has 7 heteroatoms. The maximum Gasteiger partial charge on any atom is 0.166 e. The monoisotopic (exact) mass is 299 g/mol. The molecule has 0 saturated heterocycles. The van der Waals surface area contributed by atoms with E-state index in [1.807, 2.05) is 11.5 Å². The highest BCUT2D eigenvalue weighted by molar-refractivity contribution is 9.10. The normalized spacial score (nSPS) is 10.5. The second kappa shape index (κ2) is 5.22. The summed E-state index contributed by atoms with van der Waals surface area (Å²) in [6.45, 7) is 3.16. The number of aromatic nitrogens is 4. The van der Waals surface area contributed by atoms with Crippen LogP contribution >= 0.6 is 15.9 Å². The van der Waals surface area contributed by atoms with E-state index in [1.165, 1.54) is 12.3 Å². The summed E-state index contributed by atoms with van der Waals surface area (Å²) in [4.78, 5) is 3.94. The Labute approximate surface area is 106 Å². The van der Waals surface area contributed by atoms with Crippen molar-refractivity contribution in [3.8, 4) is 0 Å². The van der Waals surface area contributed by atoms with Crippen LogP contribution in [0.1, 0.15) is 12.7 Å². The lowest BCUT2D eigenvalue weighted by molar-refractivity contribution is 0.621. The van der Waals surface area contributed by atoms with Crippen LogP contribution in [0.2, 0.25) is 0 Å². The first-order chi connectivity index (χ1) is 8.20. The Morgan fingerprint density at radius 2 is 2.35 bits per heavy atom. The van der Waals surface area contributed by atoms with Gasteiger partial charge in [-0.15, -0.1) is 10.2 Å². The van der Waals surface area contributed by atoms with E-state index < -0.39 is 5.82 Å². The zero-order valence-corrected chi connectivity index (χ0v) is 10.8. The van der Waals surface area contributed by atoms with Gasteiger partial charge in [-0.25, -0.2) is 9.37 Å². The third-order valence-corrected chi connectivity index (χ3v) is 2.69. The summed E-state index contributed by atoms with van der Waals surface area (Å²) in [6.07, 6.45) is 3.18. The summed E-state index contributed by atoms with van der Waals surface area (Å²) in [6, 6.07) is 1.36. The van der Waals surface area contributed by atoms with E-state index >= 15 is 0 Å². The number of halogens is 2. The number of nitrogens with zero attached hydrogens (tertiary/aromatic N) is 4. The van der Waals surface area contributed by atoms with Crippen LogP contribution in [0.25, 0.3) is 0 Å². The van der Waals surface area contributed by atoms with Gasteiger partial charge in [0, 0.05) is 17.2 Å². The molecule has 2 rings (SSSR count). The smallest absolute Gasteiger partial charge is 0.166 e. The molecule has 0 atom stereocenters. The SMILES string of the molecule is CCn1cnnc1CNc1ncc(Br)cc1F. The Balaban J connectivity index is 2.07. The minimum absolute atomic E-state index is 0.207. The summed E-state index contributed by atoms with van der Waals surface area (Å²) in [5, 5.41) is 10.6. The van der Waals surface area contributed by atoms with Gasteiger partial charge in [0.1, 0.15) is 6.33 Å². The quantitative estimate of drug-likeness (QED) is 0.940. The maximum atomic E-state index is 13.5. The van der Waals surface area contributed by atoms with Gasteiger partial charge in [0.05, 0.1) is 6.54 Å². The highest BCUT2D eigenvalue weighted by atomic mass is 79.9. The highest BCUT2D eigenvalue weighted by Crippen LogP contribution is 2.16. The molecule has 2 aromatic heterocycles. The van der Waals surface area contributed by atoms with E-state index in [4.69, 9.17) is 0 Å². The maximum absolute atomic E-state index is 13.5. The van der Waals surface area contributed by atoms with Crippen LogP contribution in [0.4, 0.5) is 10.2 Å². The Morgan fingerprint density at radius 3 is 3.06 bits per heavy atom. The van der Waals surface area contributed by atoms with Gasteiger partial charge in [0.2, 0.25) is 0 Å². The van der Waals surface area contributed by atoms with Gasteiger partial charge in [0.15, 0.2) is 17.5 Å². The van der Waals surface area contributed by atoms with Crippen molar-refractivity contribution in [2.75, 3.05) is 5.32 Å². The van der Waals surface area contributed by atoms with E-state index in [1.54, 1.807) is 6.33 Å². The topological polar surface area (TPSA) is 55.6 Å². The third-order valence-electron chi connectivity index (χ3n) is 2.26. The zero-order valence-electron chi connectivity index (χ0n) is 9.19. The molecule has 2 heterocycles. The zero-order chi connectivity index (χ0) is 12.3. The lowest BCUT2D eigenvalue weighted by Gasteiger charge is -2.07. The van der Waals surface area contributed by atoms with Gasteiger partial charge in [-0.05, 0) is 28.9 Å². The number of nitrogens with one attached hydrogen (secondary N) is 1. The van der Waals surface area contributed by atoms with Gasteiger partial charge in [-0.1, -0.05) is 0 Å². The first kappa shape index (κ1) is 12.0. The molecule has 0 bridgehead atoms. The average Bonchev–Trinajstić information content (AvgIpc) is 2.75. The Morgan fingerprint density at radius 1 is 1.53 bits per heavy atom. The molecule has 0 aromatic carbocycles. The van der Waals surface area contributed by atoms with E-state index in [-0.39, 0.29) is 5.82 Å². The minimum Gasteiger partial charge on any atom is -0.360 e. The predicted octanol–water partition coefficient (Wildman–Crippen LogP) is 2.21. The van der Waals surface area contributed by atoms with E-state index in [2.05, 4.69) is 36.4 Å². The highest BCUT2D eigenvalue weighted by Gasteiger charge is 2.06. The van der Waals surface area contributed by atoms with Crippen LogP contribution in [0, 0.1) is 5.82 Å². The van der Waals surface area contributed by atoms with E-state index in [9.17, 15) is 4.39 Å². The number of rotatable bonds is 4. The van der Waals surface area contributed by atoms with Gasteiger partial charge in [-0.3, -0.25) is 0 Å². The number of pyridine rings is 1. The fourth-order valence-electron chi connectivity index (χ4n) is 1.39. The van der Waals surface area contributed by atoms with Gasteiger partial charge in [-0.2, -0.15) is 0 Å². The summed E-state index contributed by atoms with van der Waals surface area (Å²) in [5.74, 6) is 0.553. The number of hydrogen-bond donors (Lipinski definition) is 1. The lowest BCUT2D eigenvalue weighted by atomic mass is 10.4. The molecule has 0 aliphatic carbocycles. The second-order valence-corrected chi connectivity index (χ2v) is 4.29. The molecule has 0 aliphatic rings. The third kappa shape index (κ3) is 2.79. The molecule has 5 nitrogen and oxygen atoms in total. The molecule has 17 heavy (non-hydrogen) atoms. The first-order valence-electron chi connectivity index (χ1n) is 5.12. The fourth-order valence-corrected chi connectivity index (χ4v) is 1.69. The standard InChI is InChI=1S/C10H11BrFN5/c1-2-17-6-15-16-9(17)5-14-10-8(12)3-7(11)4-13-10/h3-4,6H,2,5H2,1H3,(H,13,14). The lowest BCUT2D eigenvalue weighted by Crippen LogP contribution is -2.09. The molecular formula is C10H11BrFN5. The van der Waals surface area contributed by atoms with Crippen LogP contribution in [0.5, 0.6) is 0 Å².